The molecule has 1 aliphatic rings. The number of carbonyl (C=O) groups excluding carboxylic acids is 1. The fraction of sp³-hybridized carbons (Fsp3) is 0.261. The summed E-state index contributed by atoms with van der Waals surface area (Å²) in [6.07, 6.45) is -1.98. The van der Waals surface area contributed by atoms with E-state index in [0.29, 0.717) is 35.0 Å². The molecule has 0 spiro atoms. The summed E-state index contributed by atoms with van der Waals surface area (Å²) in [5.74, 6) is 0.290. The zero-order valence-electron chi connectivity index (χ0n) is 18.2. The van der Waals surface area contributed by atoms with E-state index in [-0.39, 0.29) is 0 Å². The number of carbonyl (C=O) groups is 1. The number of likely N-dealkylation sites (N-methyl/N-ethyl adjacent to an activating group) is 1. The van der Waals surface area contributed by atoms with Crippen LogP contribution >= 0.6 is 0 Å². The normalized spacial score (nSPS) is 22.1. The largest absolute Gasteiger partial charge is 0.387 e. The van der Waals surface area contributed by atoms with Crippen molar-refractivity contribution in [3.63, 3.8) is 0 Å². The first kappa shape index (κ1) is 21.9. The molecular formula is C23H23N7O4. The fourth-order valence-corrected chi connectivity index (χ4v) is 3.87. The van der Waals surface area contributed by atoms with E-state index in [2.05, 4.69) is 30.6 Å². The highest BCUT2D eigenvalue weighted by Gasteiger charge is 2.47. The van der Waals surface area contributed by atoms with Crippen LogP contribution in [0.1, 0.15) is 11.8 Å². The molecule has 0 aliphatic carbocycles. The number of hydrogen-bond acceptors (Lipinski definition) is 9. The first-order valence-electron chi connectivity index (χ1n) is 10.7. The van der Waals surface area contributed by atoms with Crippen LogP contribution in [0.25, 0.3) is 22.7 Å². The second-order valence-corrected chi connectivity index (χ2v) is 7.82. The molecule has 1 amide bonds. The van der Waals surface area contributed by atoms with Gasteiger partial charge in [0.1, 0.15) is 17.9 Å². The van der Waals surface area contributed by atoms with E-state index in [1.165, 1.54) is 17.9 Å². The maximum Gasteiger partial charge on any atom is 0.251 e. The highest BCUT2D eigenvalue weighted by molar-refractivity contribution is 5.85. The van der Waals surface area contributed by atoms with Gasteiger partial charge in [0.05, 0.1) is 6.33 Å². The van der Waals surface area contributed by atoms with E-state index in [9.17, 15) is 15.0 Å². The van der Waals surface area contributed by atoms with Crippen LogP contribution in [0.15, 0.2) is 61.1 Å². The molecule has 4 N–H and O–H groups in total. The smallest absolute Gasteiger partial charge is 0.251 e. The number of benzene rings is 1. The van der Waals surface area contributed by atoms with Crippen molar-refractivity contribution in [3.05, 3.63) is 66.6 Å². The molecule has 11 nitrogen and oxygen atoms in total. The van der Waals surface area contributed by atoms with Gasteiger partial charge in [0.15, 0.2) is 35.1 Å². The Hall–Kier alpha value is -3.93. The number of aromatic nitrogens is 5. The van der Waals surface area contributed by atoms with Gasteiger partial charge in [0.2, 0.25) is 0 Å². The number of imidazole rings is 1. The van der Waals surface area contributed by atoms with Gasteiger partial charge in [-0.1, -0.05) is 36.4 Å². The maximum atomic E-state index is 12.1. The number of aliphatic hydroxyl groups excluding tert-OH is 2. The topological polar surface area (TPSA) is 147 Å². The Morgan fingerprint density at radius 2 is 1.85 bits per heavy atom. The number of rotatable bonds is 6. The molecule has 0 radical (unpaired) electrons. The van der Waals surface area contributed by atoms with Crippen LogP contribution in [0.3, 0.4) is 0 Å². The fourth-order valence-electron chi connectivity index (χ4n) is 3.87. The molecule has 0 saturated carbocycles. The number of fused-ring (bicyclic) bond motifs is 1. The predicted octanol–water partition coefficient (Wildman–Crippen LogP) is 0.866. The first-order valence-corrected chi connectivity index (χ1v) is 10.7. The molecule has 34 heavy (non-hydrogen) atoms. The molecule has 1 aromatic carbocycles. The van der Waals surface area contributed by atoms with Gasteiger partial charge >= 0.3 is 0 Å². The van der Waals surface area contributed by atoms with Gasteiger partial charge in [-0.15, -0.1) is 0 Å². The molecule has 4 atom stereocenters. The number of hydrogen-bond donors (Lipinski definition) is 4. The standard InChI is InChI=1S/C23H23N7O4/c1-24-22(33)18-16(31)17(32)23(34-18)30-12-27-15-20(26-11-13-7-3-2-4-8-13)28-19(29-21(15)30)14-9-5-6-10-25-14/h2-10,12,16-18,23,31-32H,11H2,1H3,(H,24,33)(H,26,28,29)/t16?,17?,18-,23?/m0/s1. The van der Waals surface area contributed by atoms with Crippen molar-refractivity contribution in [1.29, 1.82) is 0 Å². The van der Waals surface area contributed by atoms with Crippen molar-refractivity contribution in [1.82, 2.24) is 29.8 Å². The minimum Gasteiger partial charge on any atom is -0.387 e. The van der Waals surface area contributed by atoms with E-state index >= 15 is 0 Å². The number of nitrogens with zero attached hydrogens (tertiary/aromatic N) is 5. The Morgan fingerprint density at radius 1 is 1.06 bits per heavy atom. The van der Waals surface area contributed by atoms with Crippen molar-refractivity contribution < 1.29 is 19.7 Å². The lowest BCUT2D eigenvalue weighted by atomic mass is 10.1. The SMILES string of the molecule is CNC(=O)[C@H]1OC(n2cnc3c(NCc4ccccc4)nc(-c4ccccn4)nc32)C(O)C1O. The van der Waals surface area contributed by atoms with E-state index in [1.54, 1.807) is 18.3 Å². The third-order valence-electron chi connectivity index (χ3n) is 5.64. The van der Waals surface area contributed by atoms with Crippen LogP contribution in [0.4, 0.5) is 5.82 Å². The molecule has 0 bridgehead atoms. The lowest BCUT2D eigenvalue weighted by Gasteiger charge is -2.17. The van der Waals surface area contributed by atoms with Crippen LogP contribution in [-0.4, -0.2) is 66.0 Å². The summed E-state index contributed by atoms with van der Waals surface area (Å²) < 4.78 is 7.21. The maximum absolute atomic E-state index is 12.1. The quantitative estimate of drug-likeness (QED) is 0.328. The van der Waals surface area contributed by atoms with Gasteiger partial charge in [0.25, 0.3) is 5.91 Å². The van der Waals surface area contributed by atoms with Crippen LogP contribution < -0.4 is 10.6 Å². The zero-order valence-corrected chi connectivity index (χ0v) is 18.2. The van der Waals surface area contributed by atoms with E-state index in [0.717, 1.165) is 5.56 Å². The summed E-state index contributed by atoms with van der Waals surface area (Å²) in [5, 5.41) is 26.7. The summed E-state index contributed by atoms with van der Waals surface area (Å²) in [5.41, 5.74) is 2.42. The Balaban J connectivity index is 1.57. The highest BCUT2D eigenvalue weighted by atomic mass is 16.6. The average Bonchev–Trinajstić information content (AvgIpc) is 3.44. The van der Waals surface area contributed by atoms with Crippen molar-refractivity contribution >= 4 is 22.9 Å². The van der Waals surface area contributed by atoms with E-state index in [4.69, 9.17) is 4.74 Å². The summed E-state index contributed by atoms with van der Waals surface area (Å²) >= 11 is 0. The minimum absolute atomic E-state index is 0.348. The molecule has 3 unspecified atom stereocenters. The molecule has 1 aliphatic heterocycles. The van der Waals surface area contributed by atoms with E-state index in [1.807, 2.05) is 36.4 Å². The Kier molecular flexibility index (Phi) is 5.88. The summed E-state index contributed by atoms with van der Waals surface area (Å²) in [6.45, 7) is 0.501. The number of nitrogens with one attached hydrogen (secondary N) is 2. The van der Waals surface area contributed by atoms with Gasteiger partial charge in [-0.05, 0) is 17.7 Å². The first-order chi connectivity index (χ1) is 16.6. The Morgan fingerprint density at radius 3 is 2.59 bits per heavy atom. The van der Waals surface area contributed by atoms with E-state index < -0.39 is 30.4 Å². The average molecular weight is 461 g/mol. The summed E-state index contributed by atoms with van der Waals surface area (Å²) in [6, 6.07) is 15.2. The lowest BCUT2D eigenvalue weighted by Crippen LogP contribution is -2.41. The van der Waals surface area contributed by atoms with Crippen LogP contribution in [0.2, 0.25) is 0 Å². The van der Waals surface area contributed by atoms with Gasteiger partial charge < -0.3 is 25.6 Å². The van der Waals surface area contributed by atoms with Crippen LogP contribution in [0.5, 0.6) is 0 Å². The molecule has 5 rings (SSSR count). The van der Waals surface area contributed by atoms with Gasteiger partial charge in [-0.3, -0.25) is 14.3 Å². The molecule has 3 aromatic heterocycles. The zero-order chi connectivity index (χ0) is 23.7. The molecule has 1 saturated heterocycles. The second-order valence-electron chi connectivity index (χ2n) is 7.82. The van der Waals surface area contributed by atoms with Gasteiger partial charge in [-0.2, -0.15) is 0 Å². The van der Waals surface area contributed by atoms with Gasteiger partial charge in [0, 0.05) is 19.8 Å². The molecule has 4 aromatic rings. The van der Waals surface area contributed by atoms with Crippen molar-refractivity contribution in [2.45, 2.75) is 31.1 Å². The number of aliphatic hydroxyl groups is 2. The molecule has 1 fully saturated rings. The van der Waals surface area contributed by atoms with Crippen molar-refractivity contribution in [2.75, 3.05) is 12.4 Å². The van der Waals surface area contributed by atoms with Crippen LogP contribution in [0, 0.1) is 0 Å². The number of amides is 1. The van der Waals surface area contributed by atoms with Gasteiger partial charge in [-0.25, -0.2) is 15.0 Å². The highest BCUT2D eigenvalue weighted by Crippen LogP contribution is 2.33. The minimum atomic E-state index is -1.41. The molecule has 174 valence electrons. The monoisotopic (exact) mass is 461 g/mol. The second kappa shape index (κ2) is 9.14. The third kappa shape index (κ3) is 3.96. The Bertz CT molecular complexity index is 1300. The lowest BCUT2D eigenvalue weighted by molar-refractivity contribution is -0.137. The summed E-state index contributed by atoms with van der Waals surface area (Å²) in [7, 11) is 1.43. The number of anilines is 1. The molecule has 4 heterocycles. The van der Waals surface area contributed by atoms with Crippen molar-refractivity contribution in [2.24, 2.45) is 0 Å². The molecular weight excluding hydrogens is 438 g/mol. The molecule has 11 heteroatoms. The predicted molar refractivity (Wildman–Crippen MR) is 122 cm³/mol. The Labute approximate surface area is 194 Å². The number of pyridine rings is 1. The summed E-state index contributed by atoms with van der Waals surface area (Å²) in [4.78, 5) is 30.1. The van der Waals surface area contributed by atoms with Crippen LogP contribution in [-0.2, 0) is 16.1 Å². The third-order valence-corrected chi connectivity index (χ3v) is 5.64. The van der Waals surface area contributed by atoms with Crippen molar-refractivity contribution in [3.8, 4) is 11.5 Å². The number of ether oxygens (including phenoxy) is 1.